The van der Waals surface area contributed by atoms with Gasteiger partial charge in [0.25, 0.3) is 5.91 Å². The van der Waals surface area contributed by atoms with Crippen LogP contribution in [0.3, 0.4) is 0 Å². The van der Waals surface area contributed by atoms with Gasteiger partial charge in [0.05, 0.1) is 0 Å². The molecule has 0 aliphatic carbocycles. The van der Waals surface area contributed by atoms with Gasteiger partial charge in [-0.3, -0.25) is 4.79 Å². The van der Waals surface area contributed by atoms with Crippen molar-refractivity contribution in [2.45, 2.75) is 51.9 Å². The summed E-state index contributed by atoms with van der Waals surface area (Å²) in [4.78, 5) is 14.3. The van der Waals surface area contributed by atoms with Gasteiger partial charge < -0.3 is 4.90 Å². The normalized spacial score (nSPS) is 14.6. The lowest BCUT2D eigenvalue weighted by atomic mass is 9.99. The van der Waals surface area contributed by atoms with Gasteiger partial charge in [0.2, 0.25) is 0 Å². The number of carbonyl (C=O) groups is 1. The van der Waals surface area contributed by atoms with E-state index in [4.69, 9.17) is 0 Å². The summed E-state index contributed by atoms with van der Waals surface area (Å²) >= 11 is 0. The van der Waals surface area contributed by atoms with E-state index in [0.29, 0.717) is 0 Å². The zero-order chi connectivity index (χ0) is 13.5. The van der Waals surface area contributed by atoms with E-state index in [1.54, 1.807) is 0 Å². The molecule has 0 spiro atoms. The van der Waals surface area contributed by atoms with Crippen molar-refractivity contribution < 1.29 is 4.79 Å². The van der Waals surface area contributed by atoms with Crippen LogP contribution in [0.25, 0.3) is 0 Å². The van der Waals surface area contributed by atoms with Gasteiger partial charge in [0.1, 0.15) is 0 Å². The highest BCUT2D eigenvalue weighted by Gasteiger charge is 2.22. The van der Waals surface area contributed by atoms with Crippen LogP contribution in [0.2, 0.25) is 0 Å². The van der Waals surface area contributed by atoms with Crippen molar-refractivity contribution >= 4 is 5.91 Å². The van der Waals surface area contributed by atoms with Gasteiger partial charge in [-0.05, 0) is 24.5 Å². The van der Waals surface area contributed by atoms with E-state index >= 15 is 0 Å². The third-order valence-corrected chi connectivity index (χ3v) is 3.97. The zero-order valence-corrected chi connectivity index (χ0v) is 12.0. The Kier molecular flexibility index (Phi) is 5.44. The Morgan fingerprint density at radius 1 is 1.05 bits per heavy atom. The average Bonchev–Trinajstić information content (AvgIpc) is 2.45. The lowest BCUT2D eigenvalue weighted by molar-refractivity contribution is 0.0736. The number of unbranched alkanes of at least 4 members (excludes halogenated alkanes) is 5. The molecule has 2 rings (SSSR count). The maximum Gasteiger partial charge on any atom is 0.254 e. The fourth-order valence-electron chi connectivity index (χ4n) is 2.77. The largest absolute Gasteiger partial charge is 0.338 e. The molecule has 1 aliphatic rings. The number of fused-ring (bicyclic) bond motifs is 1. The first kappa shape index (κ1) is 14.1. The van der Waals surface area contributed by atoms with Crippen LogP contribution < -0.4 is 0 Å². The molecule has 0 aromatic heterocycles. The molecule has 1 aliphatic heterocycles. The predicted octanol–water partition coefficient (Wildman–Crippen LogP) is 4.05. The fraction of sp³-hybridized carbons (Fsp3) is 0.588. The maximum absolute atomic E-state index is 12.3. The third kappa shape index (κ3) is 3.82. The summed E-state index contributed by atoms with van der Waals surface area (Å²) < 4.78 is 0. The summed E-state index contributed by atoms with van der Waals surface area (Å²) in [6.45, 7) is 4.06. The molecule has 1 amide bonds. The average molecular weight is 259 g/mol. The van der Waals surface area contributed by atoms with Crippen LogP contribution in [0.5, 0.6) is 0 Å². The predicted molar refractivity (Wildman–Crippen MR) is 79.4 cm³/mol. The van der Waals surface area contributed by atoms with Crippen molar-refractivity contribution in [1.29, 1.82) is 0 Å². The van der Waals surface area contributed by atoms with Crippen LogP contribution in [0.15, 0.2) is 24.3 Å². The minimum atomic E-state index is 0.232. The van der Waals surface area contributed by atoms with E-state index in [0.717, 1.165) is 31.5 Å². The molecule has 104 valence electrons. The third-order valence-electron chi connectivity index (χ3n) is 3.97. The molecular formula is C17H25NO. The van der Waals surface area contributed by atoms with Crippen molar-refractivity contribution in [2.24, 2.45) is 0 Å². The van der Waals surface area contributed by atoms with Crippen LogP contribution in [0, 0.1) is 0 Å². The molecule has 0 radical (unpaired) electrons. The number of carbonyl (C=O) groups excluding carboxylic acids is 1. The van der Waals surface area contributed by atoms with E-state index in [-0.39, 0.29) is 5.91 Å². The molecule has 0 saturated carbocycles. The summed E-state index contributed by atoms with van der Waals surface area (Å²) in [5.74, 6) is 0.232. The first-order valence-corrected chi connectivity index (χ1v) is 7.70. The Bertz CT molecular complexity index is 413. The van der Waals surface area contributed by atoms with Crippen molar-refractivity contribution in [1.82, 2.24) is 4.90 Å². The standard InChI is InChI=1S/C17H25NO/c1-2-3-4-5-6-9-13-18-14-12-15-10-7-8-11-16(15)17(18)19/h7-8,10-11H,2-6,9,12-14H2,1H3. The molecule has 0 bridgehead atoms. The quantitative estimate of drug-likeness (QED) is 0.677. The van der Waals surface area contributed by atoms with Crippen molar-refractivity contribution in [3.8, 4) is 0 Å². The minimum absolute atomic E-state index is 0.232. The Labute approximate surface area is 116 Å². The number of nitrogens with zero attached hydrogens (tertiary/aromatic N) is 1. The molecule has 1 aromatic rings. The number of rotatable bonds is 7. The maximum atomic E-state index is 12.3. The second kappa shape index (κ2) is 7.32. The molecule has 0 fully saturated rings. The van der Waals surface area contributed by atoms with E-state index < -0.39 is 0 Å². The summed E-state index contributed by atoms with van der Waals surface area (Å²) in [7, 11) is 0. The van der Waals surface area contributed by atoms with E-state index in [9.17, 15) is 4.79 Å². The summed E-state index contributed by atoms with van der Waals surface area (Å²) in [6.07, 6.45) is 8.71. The lowest BCUT2D eigenvalue weighted by Gasteiger charge is -2.28. The molecule has 0 atom stereocenters. The van der Waals surface area contributed by atoms with Crippen molar-refractivity contribution in [2.75, 3.05) is 13.1 Å². The first-order valence-electron chi connectivity index (χ1n) is 7.70. The van der Waals surface area contributed by atoms with E-state index in [2.05, 4.69) is 13.0 Å². The summed E-state index contributed by atoms with van der Waals surface area (Å²) in [5.41, 5.74) is 2.13. The van der Waals surface area contributed by atoms with E-state index in [1.807, 2.05) is 23.1 Å². The van der Waals surface area contributed by atoms with Gasteiger partial charge in [-0.15, -0.1) is 0 Å². The molecular weight excluding hydrogens is 234 g/mol. The topological polar surface area (TPSA) is 20.3 Å². The van der Waals surface area contributed by atoms with Crippen molar-refractivity contribution in [3.63, 3.8) is 0 Å². The molecule has 1 heterocycles. The molecule has 0 saturated heterocycles. The fourth-order valence-corrected chi connectivity index (χ4v) is 2.77. The van der Waals surface area contributed by atoms with Gasteiger partial charge in [0.15, 0.2) is 0 Å². The molecule has 0 unspecified atom stereocenters. The lowest BCUT2D eigenvalue weighted by Crippen LogP contribution is -2.38. The monoisotopic (exact) mass is 259 g/mol. The van der Waals surface area contributed by atoms with Gasteiger partial charge in [-0.2, -0.15) is 0 Å². The Morgan fingerprint density at radius 2 is 1.79 bits per heavy atom. The second-order valence-electron chi connectivity index (χ2n) is 5.47. The highest BCUT2D eigenvalue weighted by atomic mass is 16.2. The number of benzene rings is 1. The smallest absolute Gasteiger partial charge is 0.254 e. The van der Waals surface area contributed by atoms with Crippen molar-refractivity contribution in [3.05, 3.63) is 35.4 Å². The van der Waals surface area contributed by atoms with Crippen LogP contribution in [0.4, 0.5) is 0 Å². The number of hydrogen-bond donors (Lipinski definition) is 0. The SMILES string of the molecule is CCCCCCCCN1CCc2ccccc2C1=O. The summed E-state index contributed by atoms with van der Waals surface area (Å²) in [6, 6.07) is 8.03. The Balaban J connectivity index is 1.76. The van der Waals surface area contributed by atoms with Crippen LogP contribution in [-0.4, -0.2) is 23.9 Å². The number of hydrogen-bond acceptors (Lipinski definition) is 1. The minimum Gasteiger partial charge on any atom is -0.338 e. The van der Waals surface area contributed by atoms with Gasteiger partial charge in [-0.25, -0.2) is 0 Å². The molecule has 0 N–H and O–H groups in total. The van der Waals surface area contributed by atoms with Crippen LogP contribution >= 0.6 is 0 Å². The second-order valence-corrected chi connectivity index (χ2v) is 5.47. The number of amides is 1. The molecule has 1 aromatic carbocycles. The molecule has 19 heavy (non-hydrogen) atoms. The van der Waals surface area contributed by atoms with Crippen LogP contribution in [-0.2, 0) is 6.42 Å². The zero-order valence-electron chi connectivity index (χ0n) is 12.0. The Hall–Kier alpha value is -1.31. The van der Waals surface area contributed by atoms with Gasteiger partial charge in [0, 0.05) is 18.7 Å². The van der Waals surface area contributed by atoms with Gasteiger partial charge in [-0.1, -0.05) is 57.2 Å². The van der Waals surface area contributed by atoms with Gasteiger partial charge >= 0.3 is 0 Å². The van der Waals surface area contributed by atoms with Crippen LogP contribution in [0.1, 0.15) is 61.4 Å². The van der Waals surface area contributed by atoms with E-state index in [1.165, 1.54) is 37.7 Å². The highest BCUT2D eigenvalue weighted by molar-refractivity contribution is 5.96. The first-order chi connectivity index (χ1) is 9.33. The summed E-state index contributed by atoms with van der Waals surface area (Å²) in [5, 5.41) is 0. The molecule has 2 heteroatoms. The highest BCUT2D eigenvalue weighted by Crippen LogP contribution is 2.19. The Morgan fingerprint density at radius 3 is 2.63 bits per heavy atom. The molecule has 2 nitrogen and oxygen atoms in total.